The van der Waals surface area contributed by atoms with Gasteiger partial charge in [0.2, 0.25) is 0 Å². The van der Waals surface area contributed by atoms with Crippen LogP contribution >= 0.6 is 11.3 Å². The first-order chi connectivity index (χ1) is 9.20. The van der Waals surface area contributed by atoms with Gasteiger partial charge in [-0.2, -0.15) is 0 Å². The predicted octanol–water partition coefficient (Wildman–Crippen LogP) is 3.99. The monoisotopic (exact) mass is 275 g/mol. The lowest BCUT2D eigenvalue weighted by atomic mass is 10.2. The van der Waals surface area contributed by atoms with Gasteiger partial charge in [0.15, 0.2) is 0 Å². The summed E-state index contributed by atoms with van der Waals surface area (Å²) in [7, 11) is 0. The molecule has 0 spiro atoms. The molecular weight excluding hydrogens is 254 g/mol. The first-order valence-corrected chi connectivity index (χ1v) is 7.57. The quantitative estimate of drug-likeness (QED) is 0.864. The van der Waals surface area contributed by atoms with Crippen LogP contribution in [0.4, 0.5) is 11.5 Å². The van der Waals surface area contributed by atoms with E-state index in [9.17, 15) is 0 Å². The highest BCUT2D eigenvalue weighted by molar-refractivity contribution is 7.09. The maximum absolute atomic E-state index is 4.33. The van der Waals surface area contributed by atoms with E-state index in [1.807, 2.05) is 6.20 Å². The van der Waals surface area contributed by atoms with Gasteiger partial charge in [-0.3, -0.25) is 0 Å². The number of nitrogens with zero attached hydrogens (tertiary/aromatic N) is 2. The normalized spacial score (nSPS) is 10.7. The number of pyridine rings is 1. The van der Waals surface area contributed by atoms with Crippen molar-refractivity contribution in [1.29, 1.82) is 0 Å². The molecule has 2 rings (SSSR count). The Morgan fingerprint density at radius 1 is 1.37 bits per heavy atom. The second kappa shape index (κ2) is 6.57. The molecular formula is C15H21N3S. The third kappa shape index (κ3) is 3.70. The SMILES string of the molecule is CCNc1cc(N(Cc2cccs2)C(C)C)ccn1. The maximum atomic E-state index is 4.33. The number of thiophene rings is 1. The molecule has 0 saturated heterocycles. The highest BCUT2D eigenvalue weighted by atomic mass is 32.1. The van der Waals surface area contributed by atoms with E-state index >= 15 is 0 Å². The molecule has 0 aliphatic heterocycles. The molecule has 1 N–H and O–H groups in total. The van der Waals surface area contributed by atoms with E-state index < -0.39 is 0 Å². The molecule has 0 aliphatic rings. The molecule has 0 aromatic carbocycles. The zero-order valence-electron chi connectivity index (χ0n) is 11.8. The molecule has 2 heterocycles. The summed E-state index contributed by atoms with van der Waals surface area (Å²) in [5, 5.41) is 5.39. The maximum Gasteiger partial charge on any atom is 0.127 e. The van der Waals surface area contributed by atoms with Crippen molar-refractivity contribution >= 4 is 22.8 Å². The molecule has 2 aromatic heterocycles. The molecule has 0 fully saturated rings. The fraction of sp³-hybridized carbons (Fsp3) is 0.400. The van der Waals surface area contributed by atoms with Gasteiger partial charge in [0, 0.05) is 35.4 Å². The van der Waals surface area contributed by atoms with E-state index in [2.05, 4.69) is 65.6 Å². The number of anilines is 2. The second-order valence-corrected chi connectivity index (χ2v) is 5.76. The van der Waals surface area contributed by atoms with Crippen molar-refractivity contribution in [2.75, 3.05) is 16.8 Å². The van der Waals surface area contributed by atoms with Gasteiger partial charge in [-0.1, -0.05) is 6.07 Å². The Balaban J connectivity index is 2.20. The van der Waals surface area contributed by atoms with Crippen LogP contribution in [0.1, 0.15) is 25.6 Å². The average Bonchev–Trinajstić information content (AvgIpc) is 2.89. The Bertz CT molecular complexity index is 494. The standard InChI is InChI=1S/C15H21N3S/c1-4-16-15-10-13(7-8-17-15)18(12(2)3)11-14-6-5-9-19-14/h5-10,12H,4,11H2,1-3H3,(H,16,17). The minimum atomic E-state index is 0.457. The molecule has 102 valence electrons. The molecule has 0 atom stereocenters. The topological polar surface area (TPSA) is 28.2 Å². The third-order valence-electron chi connectivity index (χ3n) is 2.96. The van der Waals surface area contributed by atoms with Gasteiger partial charge in [-0.05, 0) is 38.3 Å². The van der Waals surface area contributed by atoms with Crippen molar-refractivity contribution in [2.45, 2.75) is 33.4 Å². The summed E-state index contributed by atoms with van der Waals surface area (Å²) in [5.41, 5.74) is 1.22. The molecule has 19 heavy (non-hydrogen) atoms. The molecule has 0 radical (unpaired) electrons. The summed E-state index contributed by atoms with van der Waals surface area (Å²) in [6, 6.07) is 8.95. The van der Waals surface area contributed by atoms with Crippen LogP contribution in [0.3, 0.4) is 0 Å². The van der Waals surface area contributed by atoms with Crippen LogP contribution in [-0.4, -0.2) is 17.6 Å². The first-order valence-electron chi connectivity index (χ1n) is 6.69. The smallest absolute Gasteiger partial charge is 0.127 e. The van der Waals surface area contributed by atoms with Gasteiger partial charge in [0.1, 0.15) is 5.82 Å². The van der Waals surface area contributed by atoms with E-state index in [0.29, 0.717) is 6.04 Å². The van der Waals surface area contributed by atoms with Crippen LogP contribution in [0.15, 0.2) is 35.8 Å². The number of hydrogen-bond acceptors (Lipinski definition) is 4. The van der Waals surface area contributed by atoms with Crippen LogP contribution < -0.4 is 10.2 Å². The number of rotatable bonds is 6. The van der Waals surface area contributed by atoms with Crippen LogP contribution in [-0.2, 0) is 6.54 Å². The molecule has 0 saturated carbocycles. The fourth-order valence-electron chi connectivity index (χ4n) is 2.02. The van der Waals surface area contributed by atoms with E-state index in [4.69, 9.17) is 0 Å². The van der Waals surface area contributed by atoms with Crippen LogP contribution in [0.25, 0.3) is 0 Å². The minimum absolute atomic E-state index is 0.457. The van der Waals surface area contributed by atoms with Gasteiger partial charge in [-0.15, -0.1) is 11.3 Å². The van der Waals surface area contributed by atoms with Gasteiger partial charge in [0.25, 0.3) is 0 Å². The molecule has 4 heteroatoms. The number of hydrogen-bond donors (Lipinski definition) is 1. The number of nitrogens with one attached hydrogen (secondary N) is 1. The lowest BCUT2D eigenvalue weighted by molar-refractivity contribution is 0.687. The van der Waals surface area contributed by atoms with Crippen LogP contribution in [0, 0.1) is 0 Å². The summed E-state index contributed by atoms with van der Waals surface area (Å²) in [5.74, 6) is 0.942. The lowest BCUT2D eigenvalue weighted by Gasteiger charge is -2.28. The van der Waals surface area contributed by atoms with Crippen molar-refractivity contribution in [3.8, 4) is 0 Å². The third-order valence-corrected chi connectivity index (χ3v) is 3.82. The Hall–Kier alpha value is -1.55. The summed E-state index contributed by atoms with van der Waals surface area (Å²) in [6.45, 7) is 8.37. The first kappa shape index (κ1) is 13.9. The van der Waals surface area contributed by atoms with E-state index in [1.54, 1.807) is 11.3 Å². The van der Waals surface area contributed by atoms with Gasteiger partial charge >= 0.3 is 0 Å². The minimum Gasteiger partial charge on any atom is -0.370 e. The molecule has 0 amide bonds. The Kier molecular flexibility index (Phi) is 4.80. The largest absolute Gasteiger partial charge is 0.370 e. The molecule has 0 aliphatic carbocycles. The van der Waals surface area contributed by atoms with Gasteiger partial charge in [-0.25, -0.2) is 4.98 Å². The van der Waals surface area contributed by atoms with Crippen LogP contribution in [0.2, 0.25) is 0 Å². The van der Waals surface area contributed by atoms with Gasteiger partial charge < -0.3 is 10.2 Å². The Morgan fingerprint density at radius 3 is 2.84 bits per heavy atom. The second-order valence-electron chi connectivity index (χ2n) is 4.73. The number of aromatic nitrogens is 1. The van der Waals surface area contributed by atoms with Crippen molar-refractivity contribution in [3.63, 3.8) is 0 Å². The summed E-state index contributed by atoms with van der Waals surface area (Å²) in [4.78, 5) is 8.11. The summed E-state index contributed by atoms with van der Waals surface area (Å²) in [6.07, 6.45) is 1.87. The zero-order chi connectivity index (χ0) is 13.7. The molecule has 2 aromatic rings. The fourth-order valence-corrected chi connectivity index (χ4v) is 2.72. The van der Waals surface area contributed by atoms with E-state index in [1.165, 1.54) is 10.6 Å². The van der Waals surface area contributed by atoms with Gasteiger partial charge in [0.05, 0.1) is 6.54 Å². The zero-order valence-corrected chi connectivity index (χ0v) is 12.6. The van der Waals surface area contributed by atoms with Crippen molar-refractivity contribution < 1.29 is 0 Å². The molecule has 0 bridgehead atoms. The van der Waals surface area contributed by atoms with Crippen molar-refractivity contribution in [1.82, 2.24) is 4.98 Å². The highest BCUT2D eigenvalue weighted by Gasteiger charge is 2.12. The Labute approximate surface area is 119 Å². The lowest BCUT2D eigenvalue weighted by Crippen LogP contribution is -2.29. The molecule has 3 nitrogen and oxygen atoms in total. The summed E-state index contributed by atoms with van der Waals surface area (Å²) < 4.78 is 0. The van der Waals surface area contributed by atoms with Crippen LogP contribution in [0.5, 0.6) is 0 Å². The summed E-state index contributed by atoms with van der Waals surface area (Å²) >= 11 is 1.80. The highest BCUT2D eigenvalue weighted by Crippen LogP contribution is 2.23. The van der Waals surface area contributed by atoms with E-state index in [0.717, 1.165) is 18.9 Å². The van der Waals surface area contributed by atoms with E-state index in [-0.39, 0.29) is 0 Å². The molecule has 0 unspecified atom stereocenters. The predicted molar refractivity (Wildman–Crippen MR) is 84.0 cm³/mol. The van der Waals surface area contributed by atoms with Crippen molar-refractivity contribution in [3.05, 3.63) is 40.7 Å². The Morgan fingerprint density at radius 2 is 2.21 bits per heavy atom. The van der Waals surface area contributed by atoms with Crippen molar-refractivity contribution in [2.24, 2.45) is 0 Å². The average molecular weight is 275 g/mol.